The normalized spacial score (nSPS) is 19.5. The van der Waals surface area contributed by atoms with Gasteiger partial charge in [0.25, 0.3) is 0 Å². The molecule has 1 amide bonds. The highest BCUT2D eigenvalue weighted by molar-refractivity contribution is 5.73. The minimum Gasteiger partial charge on any atom is -0.491 e. The minimum absolute atomic E-state index is 0.0641. The lowest BCUT2D eigenvalue weighted by Crippen LogP contribution is -2.46. The second-order valence-electron chi connectivity index (χ2n) is 6.09. The maximum Gasteiger partial charge on any atom is 0.217 e. The molecule has 0 aromatic heterocycles. The molecule has 0 aliphatic carbocycles. The van der Waals surface area contributed by atoms with Gasteiger partial charge >= 0.3 is 0 Å². The molecule has 2 rings (SSSR count). The molecule has 4 heteroatoms. The van der Waals surface area contributed by atoms with Crippen molar-refractivity contribution in [2.75, 3.05) is 13.1 Å². The molecule has 1 atom stereocenters. The molecule has 21 heavy (non-hydrogen) atoms. The van der Waals surface area contributed by atoms with Crippen LogP contribution in [0.5, 0.6) is 5.75 Å². The van der Waals surface area contributed by atoms with Gasteiger partial charge in [-0.2, -0.15) is 0 Å². The summed E-state index contributed by atoms with van der Waals surface area (Å²) in [4.78, 5) is 13.6. The van der Waals surface area contributed by atoms with E-state index in [9.17, 15) is 4.79 Å². The summed E-state index contributed by atoms with van der Waals surface area (Å²) in [6, 6.07) is 8.57. The van der Waals surface area contributed by atoms with E-state index in [-0.39, 0.29) is 18.1 Å². The molecular formula is C17H26N2O2. The topological polar surface area (TPSA) is 41.6 Å². The van der Waals surface area contributed by atoms with Crippen LogP contribution in [0.3, 0.4) is 0 Å². The van der Waals surface area contributed by atoms with Gasteiger partial charge in [-0.05, 0) is 50.9 Å². The lowest BCUT2D eigenvalue weighted by atomic mass is 10.0. The van der Waals surface area contributed by atoms with E-state index in [2.05, 4.69) is 22.3 Å². The van der Waals surface area contributed by atoms with E-state index in [4.69, 9.17) is 4.74 Å². The summed E-state index contributed by atoms with van der Waals surface area (Å²) in [7, 11) is 0. The number of hydrogen-bond acceptors (Lipinski definition) is 3. The van der Waals surface area contributed by atoms with E-state index in [0.717, 1.165) is 38.2 Å². The van der Waals surface area contributed by atoms with Gasteiger partial charge in [0.2, 0.25) is 5.91 Å². The van der Waals surface area contributed by atoms with Crippen molar-refractivity contribution in [1.29, 1.82) is 0 Å². The van der Waals surface area contributed by atoms with Crippen molar-refractivity contribution in [2.24, 2.45) is 0 Å². The number of piperidine rings is 1. The molecular weight excluding hydrogens is 264 g/mol. The Balaban J connectivity index is 1.93. The fourth-order valence-corrected chi connectivity index (χ4v) is 2.85. The van der Waals surface area contributed by atoms with Crippen LogP contribution in [-0.4, -0.2) is 36.0 Å². The van der Waals surface area contributed by atoms with Gasteiger partial charge in [-0.1, -0.05) is 12.1 Å². The Labute approximate surface area is 127 Å². The Morgan fingerprint density at radius 3 is 3.00 bits per heavy atom. The second kappa shape index (κ2) is 7.46. The van der Waals surface area contributed by atoms with Crippen molar-refractivity contribution in [3.05, 3.63) is 29.8 Å². The first-order chi connectivity index (χ1) is 10.0. The zero-order valence-electron chi connectivity index (χ0n) is 13.3. The molecule has 1 aliphatic heterocycles. The molecule has 1 aromatic rings. The van der Waals surface area contributed by atoms with E-state index >= 15 is 0 Å². The highest BCUT2D eigenvalue weighted by Crippen LogP contribution is 2.18. The van der Waals surface area contributed by atoms with Crippen LogP contribution >= 0.6 is 0 Å². The van der Waals surface area contributed by atoms with Crippen molar-refractivity contribution in [3.8, 4) is 5.75 Å². The lowest BCUT2D eigenvalue weighted by Gasteiger charge is -2.33. The van der Waals surface area contributed by atoms with E-state index < -0.39 is 0 Å². The molecule has 1 N–H and O–H groups in total. The summed E-state index contributed by atoms with van der Waals surface area (Å²) >= 11 is 0. The van der Waals surface area contributed by atoms with Crippen LogP contribution in [0.25, 0.3) is 0 Å². The number of amides is 1. The van der Waals surface area contributed by atoms with E-state index in [1.165, 1.54) is 5.56 Å². The predicted molar refractivity (Wildman–Crippen MR) is 84.3 cm³/mol. The molecule has 1 fully saturated rings. The Morgan fingerprint density at radius 1 is 1.48 bits per heavy atom. The number of carbonyl (C=O) groups is 1. The summed E-state index contributed by atoms with van der Waals surface area (Å²) in [6.45, 7) is 8.59. The molecule has 1 saturated heterocycles. The Morgan fingerprint density at radius 2 is 2.29 bits per heavy atom. The van der Waals surface area contributed by atoms with Crippen LogP contribution in [0.1, 0.15) is 39.2 Å². The third-order valence-corrected chi connectivity index (χ3v) is 3.59. The quantitative estimate of drug-likeness (QED) is 0.906. The van der Waals surface area contributed by atoms with Crippen LogP contribution < -0.4 is 10.1 Å². The number of likely N-dealkylation sites (tertiary alicyclic amines) is 1. The molecule has 1 aliphatic rings. The highest BCUT2D eigenvalue weighted by Gasteiger charge is 2.20. The average Bonchev–Trinajstić information content (AvgIpc) is 2.37. The number of carbonyl (C=O) groups excluding carboxylic acids is 1. The van der Waals surface area contributed by atoms with Crippen molar-refractivity contribution in [1.82, 2.24) is 10.2 Å². The van der Waals surface area contributed by atoms with Crippen LogP contribution in [-0.2, 0) is 11.3 Å². The zero-order chi connectivity index (χ0) is 15.2. The fourth-order valence-electron chi connectivity index (χ4n) is 2.85. The number of benzene rings is 1. The van der Waals surface area contributed by atoms with Crippen LogP contribution in [0.4, 0.5) is 0 Å². The van der Waals surface area contributed by atoms with Gasteiger partial charge in [-0.3, -0.25) is 9.69 Å². The molecule has 1 heterocycles. The standard InChI is InChI=1S/C17H26N2O2/c1-13(2)21-17-8-4-6-15(10-17)11-19-9-5-7-16(12-19)18-14(3)20/h4,6,8,10,13,16H,5,7,9,11-12H2,1-3H3,(H,18,20)/t16-/m0/s1. The zero-order valence-corrected chi connectivity index (χ0v) is 13.3. The van der Waals surface area contributed by atoms with Gasteiger partial charge in [-0.25, -0.2) is 0 Å². The first-order valence-electron chi connectivity index (χ1n) is 7.78. The number of hydrogen-bond donors (Lipinski definition) is 1. The second-order valence-corrected chi connectivity index (χ2v) is 6.09. The SMILES string of the molecule is CC(=O)N[C@H]1CCCN(Cc2cccc(OC(C)C)c2)C1. The van der Waals surface area contributed by atoms with Gasteiger partial charge in [0, 0.05) is 26.1 Å². The molecule has 0 unspecified atom stereocenters. The van der Waals surface area contributed by atoms with E-state index in [1.54, 1.807) is 6.92 Å². The maximum atomic E-state index is 11.2. The molecule has 0 radical (unpaired) electrons. The summed E-state index contributed by atoms with van der Waals surface area (Å²) < 4.78 is 5.74. The minimum atomic E-state index is 0.0641. The average molecular weight is 290 g/mol. The van der Waals surface area contributed by atoms with Crippen molar-refractivity contribution < 1.29 is 9.53 Å². The van der Waals surface area contributed by atoms with Crippen LogP contribution in [0, 0.1) is 0 Å². The molecule has 4 nitrogen and oxygen atoms in total. The highest BCUT2D eigenvalue weighted by atomic mass is 16.5. The number of rotatable bonds is 5. The summed E-state index contributed by atoms with van der Waals surface area (Å²) in [5, 5.41) is 3.03. The van der Waals surface area contributed by atoms with Crippen molar-refractivity contribution in [2.45, 2.75) is 52.3 Å². The molecule has 0 bridgehead atoms. The molecule has 0 spiro atoms. The number of nitrogens with one attached hydrogen (secondary N) is 1. The fraction of sp³-hybridized carbons (Fsp3) is 0.588. The summed E-state index contributed by atoms with van der Waals surface area (Å²) in [5.41, 5.74) is 1.26. The van der Waals surface area contributed by atoms with Crippen LogP contribution in [0.2, 0.25) is 0 Å². The molecule has 116 valence electrons. The molecule has 1 aromatic carbocycles. The van der Waals surface area contributed by atoms with Gasteiger partial charge in [0.05, 0.1) is 6.10 Å². The Bertz CT molecular complexity index is 474. The summed E-state index contributed by atoms with van der Waals surface area (Å²) in [5.74, 6) is 0.993. The number of ether oxygens (including phenoxy) is 1. The lowest BCUT2D eigenvalue weighted by molar-refractivity contribution is -0.120. The third kappa shape index (κ3) is 5.38. The van der Waals surface area contributed by atoms with Crippen molar-refractivity contribution in [3.63, 3.8) is 0 Å². The van der Waals surface area contributed by atoms with Crippen LogP contribution in [0.15, 0.2) is 24.3 Å². The molecule has 0 saturated carbocycles. The monoisotopic (exact) mass is 290 g/mol. The van der Waals surface area contributed by atoms with E-state index in [1.807, 2.05) is 26.0 Å². The van der Waals surface area contributed by atoms with E-state index in [0.29, 0.717) is 0 Å². The smallest absolute Gasteiger partial charge is 0.217 e. The third-order valence-electron chi connectivity index (χ3n) is 3.59. The van der Waals surface area contributed by atoms with Gasteiger partial charge in [0.1, 0.15) is 5.75 Å². The first-order valence-corrected chi connectivity index (χ1v) is 7.78. The van der Waals surface area contributed by atoms with Crippen molar-refractivity contribution >= 4 is 5.91 Å². The predicted octanol–water partition coefficient (Wildman–Crippen LogP) is 2.57. The maximum absolute atomic E-state index is 11.2. The number of nitrogens with zero attached hydrogens (tertiary/aromatic N) is 1. The Hall–Kier alpha value is -1.55. The first kappa shape index (κ1) is 15.8. The van der Waals surface area contributed by atoms with Gasteiger partial charge in [-0.15, -0.1) is 0 Å². The Kier molecular flexibility index (Phi) is 5.62. The summed E-state index contributed by atoms with van der Waals surface area (Å²) in [6.07, 6.45) is 2.40. The largest absolute Gasteiger partial charge is 0.491 e. The van der Waals surface area contributed by atoms with Gasteiger partial charge in [0.15, 0.2) is 0 Å². The van der Waals surface area contributed by atoms with Gasteiger partial charge < -0.3 is 10.1 Å².